The third-order valence-electron chi connectivity index (χ3n) is 3.56. The number of hydrogen-bond donors (Lipinski definition) is 2. The van der Waals surface area contributed by atoms with Crippen molar-refractivity contribution >= 4 is 21.4 Å². The minimum absolute atomic E-state index is 0.0612. The zero-order chi connectivity index (χ0) is 16.2. The number of aliphatic hydroxyl groups is 1. The quantitative estimate of drug-likeness (QED) is 0.721. The lowest BCUT2D eigenvalue weighted by Gasteiger charge is -2.03. The summed E-state index contributed by atoms with van der Waals surface area (Å²) in [7, 11) is 0. The summed E-state index contributed by atoms with van der Waals surface area (Å²) in [5, 5.41) is 17.2. The summed E-state index contributed by atoms with van der Waals surface area (Å²) in [5.41, 5.74) is 2.73. The van der Waals surface area contributed by atoms with Gasteiger partial charge in [0.05, 0.1) is 6.61 Å². The monoisotopic (exact) mass is 330 g/mol. The maximum absolute atomic E-state index is 11.9. The van der Waals surface area contributed by atoms with Crippen molar-refractivity contribution in [1.82, 2.24) is 14.6 Å². The van der Waals surface area contributed by atoms with Crippen LogP contribution in [-0.2, 0) is 19.4 Å². The van der Waals surface area contributed by atoms with Gasteiger partial charge in [0.25, 0.3) is 5.56 Å². The first-order valence-electron chi connectivity index (χ1n) is 7.52. The van der Waals surface area contributed by atoms with E-state index >= 15 is 0 Å². The molecule has 0 radical (unpaired) electrons. The number of rotatable bonds is 6. The van der Waals surface area contributed by atoms with Crippen molar-refractivity contribution in [3.05, 3.63) is 57.5 Å². The highest BCUT2D eigenvalue weighted by molar-refractivity contribution is 7.20. The number of hydrogen-bond acceptors (Lipinski definition) is 6. The van der Waals surface area contributed by atoms with Crippen LogP contribution in [-0.4, -0.2) is 26.2 Å². The molecule has 23 heavy (non-hydrogen) atoms. The minimum Gasteiger partial charge on any atom is -0.392 e. The fourth-order valence-corrected chi connectivity index (χ4v) is 3.08. The van der Waals surface area contributed by atoms with Crippen LogP contribution in [0.5, 0.6) is 0 Å². The van der Waals surface area contributed by atoms with Gasteiger partial charge in [-0.1, -0.05) is 42.5 Å². The molecule has 0 aliphatic rings. The Balaban J connectivity index is 1.67. The van der Waals surface area contributed by atoms with Crippen LogP contribution in [0.2, 0.25) is 0 Å². The molecular formula is C16H18N4O2S. The van der Waals surface area contributed by atoms with Crippen LogP contribution < -0.4 is 10.9 Å². The fraction of sp³-hybridized carbons (Fsp3) is 0.312. The highest BCUT2D eigenvalue weighted by atomic mass is 32.1. The Morgan fingerprint density at radius 1 is 1.26 bits per heavy atom. The van der Waals surface area contributed by atoms with Crippen LogP contribution in [0.4, 0.5) is 5.13 Å². The van der Waals surface area contributed by atoms with E-state index in [4.69, 9.17) is 5.11 Å². The SMILES string of the molecule is CCc1cc(=O)n2nc(NCCc3ccc(CO)cc3)sc2n1. The van der Waals surface area contributed by atoms with E-state index < -0.39 is 0 Å². The van der Waals surface area contributed by atoms with E-state index in [9.17, 15) is 4.79 Å². The molecule has 1 aromatic carbocycles. The molecule has 120 valence electrons. The van der Waals surface area contributed by atoms with Crippen molar-refractivity contribution in [3.63, 3.8) is 0 Å². The highest BCUT2D eigenvalue weighted by Crippen LogP contribution is 2.16. The molecule has 0 bridgehead atoms. The van der Waals surface area contributed by atoms with E-state index in [2.05, 4.69) is 15.4 Å². The second kappa shape index (κ2) is 6.89. The number of anilines is 1. The molecule has 0 aliphatic carbocycles. The van der Waals surface area contributed by atoms with Gasteiger partial charge in [0.1, 0.15) is 0 Å². The van der Waals surface area contributed by atoms with Gasteiger partial charge in [-0.25, -0.2) is 4.98 Å². The zero-order valence-electron chi connectivity index (χ0n) is 12.8. The Kier molecular flexibility index (Phi) is 4.68. The molecule has 0 unspecified atom stereocenters. The average molecular weight is 330 g/mol. The molecular weight excluding hydrogens is 312 g/mol. The number of aromatic nitrogens is 3. The van der Waals surface area contributed by atoms with E-state index in [0.29, 0.717) is 16.6 Å². The Labute approximate surface area is 137 Å². The van der Waals surface area contributed by atoms with Crippen LogP contribution in [0.3, 0.4) is 0 Å². The van der Waals surface area contributed by atoms with Crippen molar-refractivity contribution in [1.29, 1.82) is 0 Å². The van der Waals surface area contributed by atoms with E-state index in [-0.39, 0.29) is 12.2 Å². The molecule has 7 heteroatoms. The van der Waals surface area contributed by atoms with Crippen molar-refractivity contribution in [3.8, 4) is 0 Å². The summed E-state index contributed by atoms with van der Waals surface area (Å²) in [6.07, 6.45) is 1.57. The van der Waals surface area contributed by atoms with Crippen LogP contribution in [0.1, 0.15) is 23.7 Å². The van der Waals surface area contributed by atoms with E-state index in [1.54, 1.807) is 0 Å². The minimum atomic E-state index is -0.143. The third kappa shape index (κ3) is 3.57. The molecule has 2 heterocycles. The molecule has 0 atom stereocenters. The zero-order valence-corrected chi connectivity index (χ0v) is 13.6. The Morgan fingerprint density at radius 2 is 2.00 bits per heavy atom. The molecule has 0 aliphatic heterocycles. The summed E-state index contributed by atoms with van der Waals surface area (Å²) in [6, 6.07) is 9.38. The fourth-order valence-electron chi connectivity index (χ4n) is 2.23. The van der Waals surface area contributed by atoms with Crippen LogP contribution >= 0.6 is 11.3 Å². The van der Waals surface area contributed by atoms with Gasteiger partial charge < -0.3 is 10.4 Å². The largest absolute Gasteiger partial charge is 0.392 e. The lowest BCUT2D eigenvalue weighted by Crippen LogP contribution is -2.15. The summed E-state index contributed by atoms with van der Waals surface area (Å²) in [4.78, 5) is 17.0. The molecule has 6 nitrogen and oxygen atoms in total. The Bertz CT molecular complexity index is 855. The maximum Gasteiger partial charge on any atom is 0.275 e. The van der Waals surface area contributed by atoms with Crippen molar-refractivity contribution < 1.29 is 5.11 Å². The van der Waals surface area contributed by atoms with Gasteiger partial charge in [-0.2, -0.15) is 4.52 Å². The number of fused-ring (bicyclic) bond motifs is 1. The summed E-state index contributed by atoms with van der Waals surface area (Å²) in [6.45, 7) is 2.75. The lowest BCUT2D eigenvalue weighted by molar-refractivity contribution is 0.282. The summed E-state index contributed by atoms with van der Waals surface area (Å²) < 4.78 is 1.34. The average Bonchev–Trinajstić information content (AvgIpc) is 2.99. The van der Waals surface area contributed by atoms with Gasteiger partial charge in [-0.3, -0.25) is 4.79 Å². The van der Waals surface area contributed by atoms with Crippen molar-refractivity contribution in [2.45, 2.75) is 26.4 Å². The Hall–Kier alpha value is -2.25. The number of nitrogens with zero attached hydrogens (tertiary/aromatic N) is 3. The van der Waals surface area contributed by atoms with Gasteiger partial charge in [-0.15, -0.1) is 5.10 Å². The first-order chi connectivity index (χ1) is 11.2. The third-order valence-corrected chi connectivity index (χ3v) is 4.42. The van der Waals surface area contributed by atoms with Crippen molar-refractivity contribution in [2.75, 3.05) is 11.9 Å². The smallest absolute Gasteiger partial charge is 0.275 e. The maximum atomic E-state index is 11.9. The first kappa shape index (κ1) is 15.6. The molecule has 0 amide bonds. The molecule has 3 rings (SSSR count). The van der Waals surface area contributed by atoms with Gasteiger partial charge in [0, 0.05) is 18.3 Å². The lowest BCUT2D eigenvalue weighted by atomic mass is 10.1. The van der Waals surface area contributed by atoms with Gasteiger partial charge in [0.2, 0.25) is 10.1 Å². The summed E-state index contributed by atoms with van der Waals surface area (Å²) in [5.74, 6) is 0. The predicted molar refractivity (Wildman–Crippen MR) is 91.1 cm³/mol. The molecule has 0 saturated heterocycles. The number of benzene rings is 1. The van der Waals surface area contributed by atoms with E-state index in [0.717, 1.165) is 24.1 Å². The first-order valence-corrected chi connectivity index (χ1v) is 8.33. The van der Waals surface area contributed by atoms with Crippen molar-refractivity contribution in [2.24, 2.45) is 0 Å². The normalized spacial score (nSPS) is 11.0. The van der Waals surface area contributed by atoms with E-state index in [1.807, 2.05) is 31.2 Å². The standard InChI is InChI=1S/C16H18N4O2S/c1-2-13-9-14(22)20-16(18-13)23-15(19-20)17-8-7-11-3-5-12(10-21)6-4-11/h3-6,9,21H,2,7-8,10H2,1H3,(H,17,19). The van der Waals surface area contributed by atoms with Gasteiger partial charge in [-0.05, 0) is 24.0 Å². The van der Waals surface area contributed by atoms with Crippen LogP contribution in [0.25, 0.3) is 4.96 Å². The topological polar surface area (TPSA) is 79.5 Å². The molecule has 0 fully saturated rings. The second-order valence-electron chi connectivity index (χ2n) is 5.19. The molecule has 3 aromatic rings. The second-order valence-corrected chi connectivity index (χ2v) is 6.15. The van der Waals surface area contributed by atoms with Crippen LogP contribution in [0.15, 0.2) is 35.1 Å². The predicted octanol–water partition coefficient (Wildman–Crippen LogP) is 1.86. The van der Waals surface area contributed by atoms with Gasteiger partial charge >= 0.3 is 0 Å². The van der Waals surface area contributed by atoms with Gasteiger partial charge in [0.15, 0.2) is 0 Å². The number of aryl methyl sites for hydroxylation is 1. The molecule has 2 N–H and O–H groups in total. The van der Waals surface area contributed by atoms with Crippen LogP contribution in [0, 0.1) is 0 Å². The Morgan fingerprint density at radius 3 is 2.70 bits per heavy atom. The molecule has 2 aromatic heterocycles. The number of aliphatic hydroxyl groups excluding tert-OH is 1. The highest BCUT2D eigenvalue weighted by Gasteiger charge is 2.08. The van der Waals surface area contributed by atoms with E-state index in [1.165, 1.54) is 27.5 Å². The summed E-state index contributed by atoms with van der Waals surface area (Å²) >= 11 is 1.38. The molecule has 0 saturated carbocycles. The molecule has 0 spiro atoms. The number of nitrogens with one attached hydrogen (secondary N) is 1.